The fourth-order valence-corrected chi connectivity index (χ4v) is 9.49. The van der Waals surface area contributed by atoms with Crippen LogP contribution < -0.4 is 4.90 Å². The van der Waals surface area contributed by atoms with Crippen molar-refractivity contribution in [3.05, 3.63) is 176 Å². The Morgan fingerprint density at radius 3 is 2.04 bits per heavy atom. The molecule has 258 valence electrons. The monoisotopic (exact) mass is 723 g/mol. The van der Waals surface area contributed by atoms with Gasteiger partial charge in [0.25, 0.3) is 0 Å². The number of hydrogen-bond acceptors (Lipinski definition) is 5. The van der Waals surface area contributed by atoms with Crippen molar-refractivity contribution < 1.29 is 8.83 Å². The first kappa shape index (κ1) is 30.3. The third kappa shape index (κ3) is 4.62. The fourth-order valence-electron chi connectivity index (χ4n) is 8.35. The molecule has 5 nitrogen and oxygen atoms in total. The van der Waals surface area contributed by atoms with Crippen molar-refractivity contribution in [1.29, 1.82) is 0 Å². The second-order valence-corrected chi connectivity index (χ2v) is 15.0. The molecule has 4 heterocycles. The van der Waals surface area contributed by atoms with Gasteiger partial charge in [0.2, 0.25) is 5.89 Å². The number of hydrogen-bond donors (Lipinski definition) is 0. The highest BCUT2D eigenvalue weighted by Crippen LogP contribution is 2.47. The standard InChI is InChI=1S/C49H29N3O2S/c1-3-12-30(13-4-1)49-50-39-28-38-34-24-22-32(26-43(34)53-44(38)29-45(39)54-49)51(33-23-25-36-35-16-8-10-21-46(35)55-47(36)27-33)41-19-11-20-42-48(41)37-17-7-9-18-40(37)52(42)31-14-5-2-6-15-31/h1-29H. The van der Waals surface area contributed by atoms with Gasteiger partial charge in [0, 0.05) is 76.5 Å². The first-order valence-corrected chi connectivity index (χ1v) is 19.2. The number of fused-ring (bicyclic) bond motifs is 10. The molecule has 0 aliphatic rings. The zero-order valence-electron chi connectivity index (χ0n) is 29.3. The molecule has 0 radical (unpaired) electrons. The number of nitrogens with zero attached hydrogens (tertiary/aromatic N) is 3. The van der Waals surface area contributed by atoms with Crippen molar-refractivity contribution in [2.45, 2.75) is 0 Å². The van der Waals surface area contributed by atoms with E-state index in [2.05, 4.69) is 149 Å². The van der Waals surface area contributed by atoms with Crippen molar-refractivity contribution in [1.82, 2.24) is 9.55 Å². The Bertz CT molecular complexity index is 3450. The third-order valence-electron chi connectivity index (χ3n) is 10.8. The highest BCUT2D eigenvalue weighted by atomic mass is 32.1. The molecular formula is C49H29N3O2S. The fraction of sp³-hybridized carbons (Fsp3) is 0. The van der Waals surface area contributed by atoms with E-state index < -0.39 is 0 Å². The van der Waals surface area contributed by atoms with Crippen LogP contribution in [0, 0.1) is 0 Å². The molecule has 0 unspecified atom stereocenters. The molecule has 0 atom stereocenters. The van der Waals surface area contributed by atoms with Gasteiger partial charge >= 0.3 is 0 Å². The molecule has 0 aliphatic heterocycles. The Morgan fingerprint density at radius 1 is 0.473 bits per heavy atom. The molecule has 0 saturated carbocycles. The molecule has 12 rings (SSSR count). The maximum Gasteiger partial charge on any atom is 0.227 e. The van der Waals surface area contributed by atoms with Crippen LogP contribution in [0.4, 0.5) is 17.1 Å². The molecule has 0 fully saturated rings. The summed E-state index contributed by atoms with van der Waals surface area (Å²) in [6.45, 7) is 0. The van der Waals surface area contributed by atoms with Crippen LogP contribution in [0.1, 0.15) is 0 Å². The van der Waals surface area contributed by atoms with Crippen molar-refractivity contribution in [3.63, 3.8) is 0 Å². The van der Waals surface area contributed by atoms with Crippen LogP contribution in [0.2, 0.25) is 0 Å². The lowest BCUT2D eigenvalue weighted by molar-refractivity contribution is 0.617. The summed E-state index contributed by atoms with van der Waals surface area (Å²) in [5.41, 5.74) is 10.6. The van der Waals surface area contributed by atoms with E-state index in [0.29, 0.717) is 11.5 Å². The molecule has 0 spiro atoms. The van der Waals surface area contributed by atoms with Crippen molar-refractivity contribution >= 4 is 103 Å². The third-order valence-corrected chi connectivity index (χ3v) is 11.9. The minimum atomic E-state index is 0.601. The van der Waals surface area contributed by atoms with Crippen LogP contribution in [0.5, 0.6) is 0 Å². The first-order chi connectivity index (χ1) is 27.2. The topological polar surface area (TPSA) is 47.3 Å². The molecule has 0 saturated heterocycles. The Balaban J connectivity index is 1.09. The summed E-state index contributed by atoms with van der Waals surface area (Å²) in [6, 6.07) is 62.1. The summed E-state index contributed by atoms with van der Waals surface area (Å²) in [7, 11) is 0. The number of furan rings is 1. The minimum absolute atomic E-state index is 0.601. The summed E-state index contributed by atoms with van der Waals surface area (Å²) in [6.07, 6.45) is 0. The van der Waals surface area contributed by atoms with Crippen LogP contribution in [0.3, 0.4) is 0 Å². The second-order valence-electron chi connectivity index (χ2n) is 14.0. The molecule has 0 bridgehead atoms. The predicted octanol–water partition coefficient (Wildman–Crippen LogP) is 14.3. The van der Waals surface area contributed by atoms with Crippen LogP contribution in [0.15, 0.2) is 185 Å². The summed E-state index contributed by atoms with van der Waals surface area (Å²) >= 11 is 1.83. The molecule has 0 N–H and O–H groups in total. The lowest BCUT2D eigenvalue weighted by atomic mass is 10.1. The molecule has 4 aromatic heterocycles. The minimum Gasteiger partial charge on any atom is -0.456 e. The van der Waals surface area contributed by atoms with Gasteiger partial charge in [0.1, 0.15) is 16.7 Å². The average Bonchev–Trinajstić information content (AvgIpc) is 4.00. The zero-order chi connectivity index (χ0) is 36.0. The van der Waals surface area contributed by atoms with Crippen LogP contribution in [-0.2, 0) is 0 Å². The van der Waals surface area contributed by atoms with Crippen molar-refractivity contribution in [2.24, 2.45) is 0 Å². The highest BCUT2D eigenvalue weighted by molar-refractivity contribution is 7.25. The van der Waals surface area contributed by atoms with Crippen molar-refractivity contribution in [3.8, 4) is 17.1 Å². The van der Waals surface area contributed by atoms with Gasteiger partial charge in [-0.3, -0.25) is 0 Å². The predicted molar refractivity (Wildman–Crippen MR) is 229 cm³/mol. The maximum atomic E-state index is 6.65. The summed E-state index contributed by atoms with van der Waals surface area (Å²) < 4.78 is 17.8. The number of aromatic nitrogens is 2. The molecule has 8 aromatic carbocycles. The second kappa shape index (κ2) is 11.7. The van der Waals surface area contributed by atoms with Gasteiger partial charge in [0.05, 0.1) is 16.7 Å². The van der Waals surface area contributed by atoms with Gasteiger partial charge in [-0.1, -0.05) is 84.9 Å². The van der Waals surface area contributed by atoms with Gasteiger partial charge in [-0.2, -0.15) is 0 Å². The van der Waals surface area contributed by atoms with E-state index in [1.807, 2.05) is 47.7 Å². The highest BCUT2D eigenvalue weighted by Gasteiger charge is 2.23. The average molecular weight is 724 g/mol. The van der Waals surface area contributed by atoms with E-state index in [1.165, 1.54) is 30.9 Å². The molecule has 12 aromatic rings. The number of thiophene rings is 1. The quantitative estimate of drug-likeness (QED) is 0.177. The van der Waals surface area contributed by atoms with Crippen LogP contribution in [-0.4, -0.2) is 9.55 Å². The Hall–Kier alpha value is -7.15. The summed E-state index contributed by atoms with van der Waals surface area (Å²) in [5.74, 6) is 0.601. The normalized spacial score (nSPS) is 12.0. The smallest absolute Gasteiger partial charge is 0.227 e. The Kier molecular flexibility index (Phi) is 6.44. The SMILES string of the molecule is c1ccc(-c2nc3cc4c(cc3o2)oc2cc(N(c3ccc5c(c3)sc3ccccc35)c3cccc5c3c3ccccc3n5-c3ccccc3)ccc24)cc1. The van der Waals surface area contributed by atoms with E-state index in [1.54, 1.807) is 0 Å². The van der Waals surface area contributed by atoms with Crippen LogP contribution >= 0.6 is 11.3 Å². The molecule has 6 heteroatoms. The van der Waals surface area contributed by atoms with Gasteiger partial charge in [-0.25, -0.2) is 4.98 Å². The number of benzene rings is 8. The van der Waals surface area contributed by atoms with E-state index in [-0.39, 0.29) is 0 Å². The number of rotatable bonds is 5. The Labute approximate surface area is 318 Å². The van der Waals surface area contributed by atoms with Gasteiger partial charge in [-0.15, -0.1) is 11.3 Å². The largest absolute Gasteiger partial charge is 0.456 e. The zero-order valence-corrected chi connectivity index (χ0v) is 30.1. The van der Waals surface area contributed by atoms with Crippen LogP contribution in [0.25, 0.3) is 92.2 Å². The first-order valence-electron chi connectivity index (χ1n) is 18.4. The number of oxazole rings is 1. The lowest BCUT2D eigenvalue weighted by Crippen LogP contribution is -2.10. The molecule has 0 amide bonds. The maximum absolute atomic E-state index is 6.65. The molecular weight excluding hydrogens is 695 g/mol. The Morgan fingerprint density at radius 2 is 1.16 bits per heavy atom. The van der Waals surface area contributed by atoms with E-state index in [0.717, 1.165) is 66.8 Å². The van der Waals surface area contributed by atoms with Gasteiger partial charge in [-0.05, 0) is 78.9 Å². The van der Waals surface area contributed by atoms with E-state index in [4.69, 9.17) is 13.8 Å². The lowest BCUT2D eigenvalue weighted by Gasteiger charge is -2.26. The van der Waals surface area contributed by atoms with Gasteiger partial charge < -0.3 is 18.3 Å². The molecule has 55 heavy (non-hydrogen) atoms. The summed E-state index contributed by atoms with van der Waals surface area (Å²) in [5, 5.41) is 6.97. The number of para-hydroxylation sites is 2. The van der Waals surface area contributed by atoms with E-state index >= 15 is 0 Å². The molecule has 0 aliphatic carbocycles. The summed E-state index contributed by atoms with van der Waals surface area (Å²) in [4.78, 5) is 7.23. The van der Waals surface area contributed by atoms with Crippen molar-refractivity contribution in [2.75, 3.05) is 4.90 Å². The number of anilines is 3. The van der Waals surface area contributed by atoms with Gasteiger partial charge in [0.15, 0.2) is 5.58 Å². The van der Waals surface area contributed by atoms with E-state index in [9.17, 15) is 0 Å².